The molecule has 1 atom stereocenters. The largest absolute Gasteiger partial charge is 0.423 e. The predicted octanol–water partition coefficient (Wildman–Crippen LogP) is 2.55. The van der Waals surface area contributed by atoms with E-state index in [-0.39, 0.29) is 22.3 Å². The van der Waals surface area contributed by atoms with E-state index in [4.69, 9.17) is 10.2 Å². The van der Waals surface area contributed by atoms with Crippen LogP contribution < -0.4 is 5.73 Å². The lowest BCUT2D eigenvalue weighted by atomic mass is 10.0. The van der Waals surface area contributed by atoms with Crippen LogP contribution in [0.25, 0.3) is 21.9 Å². The number of sulfonamides is 1. The summed E-state index contributed by atoms with van der Waals surface area (Å²) in [4.78, 5) is 4.80. The summed E-state index contributed by atoms with van der Waals surface area (Å²) in [6, 6.07) is 5.41. The molecule has 0 radical (unpaired) electrons. The molecule has 1 aromatic carbocycles. The fourth-order valence-electron chi connectivity index (χ4n) is 3.08. The van der Waals surface area contributed by atoms with E-state index in [1.165, 1.54) is 38.2 Å². The highest BCUT2D eigenvalue weighted by Crippen LogP contribution is 2.42. The van der Waals surface area contributed by atoms with Crippen molar-refractivity contribution in [3.05, 3.63) is 47.2 Å². The topological polar surface area (TPSA) is 115 Å². The molecule has 4 rings (SSSR count). The van der Waals surface area contributed by atoms with Crippen LogP contribution in [0.4, 0.5) is 8.78 Å². The molecule has 0 bridgehead atoms. The number of aliphatic imine (C=N–C) groups is 1. The van der Waals surface area contributed by atoms with Crippen molar-refractivity contribution in [2.45, 2.75) is 12.5 Å². The monoisotopic (exact) mass is 439 g/mol. The quantitative estimate of drug-likeness (QED) is 0.671. The number of nitrogens with two attached hydrogens (primary N) is 1. The van der Waals surface area contributed by atoms with E-state index in [1.807, 2.05) is 0 Å². The van der Waals surface area contributed by atoms with Crippen molar-refractivity contribution in [3.63, 3.8) is 0 Å². The summed E-state index contributed by atoms with van der Waals surface area (Å²) < 4.78 is 59.6. The van der Waals surface area contributed by atoms with Gasteiger partial charge in [0.1, 0.15) is 17.2 Å². The van der Waals surface area contributed by atoms with Gasteiger partial charge in [-0.2, -0.15) is 0 Å². The molecule has 0 fully saturated rings. The first-order valence-corrected chi connectivity index (χ1v) is 10.7. The second kappa shape index (κ2) is 6.59. The SMILES string of the molecule is CN1C(N)=NC(C)(c2sc(-c3ccc(F)c(-c4nnco4)c3)cc2F)CS1(=O)=O. The van der Waals surface area contributed by atoms with Gasteiger partial charge in [-0.15, -0.1) is 21.5 Å². The number of guanidine groups is 1. The number of aromatic nitrogens is 2. The van der Waals surface area contributed by atoms with Gasteiger partial charge in [0.05, 0.1) is 16.2 Å². The second-order valence-corrected chi connectivity index (χ2v) is 9.75. The molecule has 3 heterocycles. The number of benzene rings is 1. The van der Waals surface area contributed by atoms with Gasteiger partial charge in [-0.3, -0.25) is 0 Å². The lowest BCUT2D eigenvalue weighted by Crippen LogP contribution is -2.50. The van der Waals surface area contributed by atoms with Crippen LogP contribution in [-0.2, 0) is 15.6 Å². The smallest absolute Gasteiger partial charge is 0.250 e. The molecule has 0 amide bonds. The van der Waals surface area contributed by atoms with Crippen molar-refractivity contribution in [2.24, 2.45) is 10.7 Å². The van der Waals surface area contributed by atoms with Gasteiger partial charge in [-0.05, 0) is 30.7 Å². The summed E-state index contributed by atoms with van der Waals surface area (Å²) in [7, 11) is -2.45. The summed E-state index contributed by atoms with van der Waals surface area (Å²) in [6.07, 6.45) is 1.08. The average molecular weight is 439 g/mol. The first kappa shape index (κ1) is 19.5. The predicted molar refractivity (Wildman–Crippen MR) is 103 cm³/mol. The molecule has 8 nitrogen and oxygen atoms in total. The summed E-state index contributed by atoms with van der Waals surface area (Å²) in [5, 5.41) is 7.22. The van der Waals surface area contributed by atoms with Crippen LogP contribution in [0, 0.1) is 11.6 Å². The van der Waals surface area contributed by atoms with Crippen molar-refractivity contribution < 1.29 is 21.6 Å². The van der Waals surface area contributed by atoms with Crippen LogP contribution in [-0.4, -0.2) is 41.7 Å². The van der Waals surface area contributed by atoms with Crippen molar-refractivity contribution in [1.82, 2.24) is 14.5 Å². The summed E-state index contributed by atoms with van der Waals surface area (Å²) in [5.74, 6) is -1.83. The third-order valence-corrected chi connectivity index (χ3v) is 7.94. The van der Waals surface area contributed by atoms with Crippen molar-refractivity contribution in [1.29, 1.82) is 0 Å². The molecule has 2 N–H and O–H groups in total. The highest BCUT2D eigenvalue weighted by Gasteiger charge is 2.43. The Bertz CT molecular complexity index is 1220. The molecule has 1 aliphatic rings. The summed E-state index contributed by atoms with van der Waals surface area (Å²) >= 11 is 1.02. The van der Waals surface area contributed by atoms with Crippen LogP contribution in [0.2, 0.25) is 0 Å². The molecule has 1 unspecified atom stereocenters. The minimum absolute atomic E-state index is 0.00709. The maximum Gasteiger partial charge on any atom is 0.250 e. The Morgan fingerprint density at radius 1 is 1.28 bits per heavy atom. The van der Waals surface area contributed by atoms with Crippen molar-refractivity contribution in [3.8, 4) is 21.9 Å². The minimum Gasteiger partial charge on any atom is -0.423 e. The molecule has 0 aliphatic carbocycles. The van der Waals surface area contributed by atoms with Crippen molar-refractivity contribution in [2.75, 3.05) is 12.8 Å². The third-order valence-electron chi connectivity index (χ3n) is 4.58. The van der Waals surface area contributed by atoms with E-state index < -0.39 is 32.9 Å². The molecule has 3 aromatic rings. The molecule has 29 heavy (non-hydrogen) atoms. The zero-order valence-electron chi connectivity index (χ0n) is 15.3. The number of hydrogen-bond acceptors (Lipinski definition) is 8. The maximum absolute atomic E-state index is 14.8. The molecule has 1 aliphatic heterocycles. The van der Waals surface area contributed by atoms with Crippen LogP contribution in [0.1, 0.15) is 11.8 Å². The normalized spacial score (nSPS) is 21.2. The van der Waals surface area contributed by atoms with Gasteiger partial charge in [0.25, 0.3) is 0 Å². The van der Waals surface area contributed by atoms with Crippen LogP contribution in [0.15, 0.2) is 40.1 Å². The lowest BCUT2D eigenvalue weighted by molar-refractivity contribution is 0.466. The number of halogens is 2. The van der Waals surface area contributed by atoms with Gasteiger partial charge in [0.2, 0.25) is 28.3 Å². The fourth-order valence-corrected chi connectivity index (χ4v) is 5.73. The molecule has 0 saturated heterocycles. The van der Waals surface area contributed by atoms with E-state index in [9.17, 15) is 17.2 Å². The average Bonchev–Trinajstić information content (AvgIpc) is 3.30. The molecule has 152 valence electrons. The Morgan fingerprint density at radius 3 is 2.69 bits per heavy atom. The minimum atomic E-state index is -3.74. The second-order valence-electron chi connectivity index (χ2n) is 6.69. The first-order chi connectivity index (χ1) is 13.6. The van der Waals surface area contributed by atoms with Crippen LogP contribution in [0.3, 0.4) is 0 Å². The van der Waals surface area contributed by atoms with Gasteiger partial charge in [-0.25, -0.2) is 26.5 Å². The lowest BCUT2D eigenvalue weighted by Gasteiger charge is -2.33. The highest BCUT2D eigenvalue weighted by molar-refractivity contribution is 7.89. The van der Waals surface area contributed by atoms with E-state index in [0.717, 1.165) is 22.0 Å². The highest BCUT2D eigenvalue weighted by atomic mass is 32.2. The van der Waals surface area contributed by atoms with E-state index in [1.54, 1.807) is 0 Å². The number of hydrogen-bond donors (Lipinski definition) is 1. The molecular formula is C17H15F2N5O3S2. The van der Waals surface area contributed by atoms with Gasteiger partial charge in [-0.1, -0.05) is 6.07 Å². The Kier molecular flexibility index (Phi) is 4.42. The number of thiophene rings is 1. The summed E-state index contributed by atoms with van der Waals surface area (Å²) in [5.41, 5.74) is 4.94. The van der Waals surface area contributed by atoms with E-state index in [2.05, 4.69) is 15.2 Å². The Balaban J connectivity index is 1.79. The molecule has 0 spiro atoms. The number of nitrogens with zero attached hydrogens (tertiary/aromatic N) is 4. The van der Waals surface area contributed by atoms with Crippen LogP contribution in [0.5, 0.6) is 0 Å². The zero-order valence-corrected chi connectivity index (χ0v) is 16.9. The molecule has 12 heteroatoms. The van der Waals surface area contributed by atoms with Gasteiger partial charge in [0, 0.05) is 11.9 Å². The fraction of sp³-hybridized carbons (Fsp3) is 0.235. The molecular weight excluding hydrogens is 424 g/mol. The Hall–Kier alpha value is -2.86. The standard InChI is InChI=1S/C17H15F2N5O3S2/c1-17(7-29(25,26)24(2)16(20)22-17)14-12(19)6-13(28-14)9-3-4-11(18)10(5-9)15-23-21-8-27-15/h3-6,8H,7H2,1-2H3,(H2,20,22). The van der Waals surface area contributed by atoms with E-state index >= 15 is 0 Å². The summed E-state index contributed by atoms with van der Waals surface area (Å²) in [6.45, 7) is 1.51. The van der Waals surface area contributed by atoms with Crippen molar-refractivity contribution >= 4 is 27.3 Å². The third kappa shape index (κ3) is 3.27. The van der Waals surface area contributed by atoms with Gasteiger partial charge in [0.15, 0.2) is 0 Å². The van der Waals surface area contributed by atoms with Gasteiger partial charge < -0.3 is 10.2 Å². The Morgan fingerprint density at radius 2 is 2.03 bits per heavy atom. The van der Waals surface area contributed by atoms with Gasteiger partial charge >= 0.3 is 0 Å². The maximum atomic E-state index is 14.8. The first-order valence-electron chi connectivity index (χ1n) is 8.29. The molecule has 0 saturated carbocycles. The Labute approximate surface area is 168 Å². The number of rotatable bonds is 3. The van der Waals surface area contributed by atoms with E-state index in [0.29, 0.717) is 10.4 Å². The van der Waals surface area contributed by atoms with Crippen LogP contribution >= 0.6 is 11.3 Å². The zero-order chi connectivity index (χ0) is 21.0. The molecule has 2 aromatic heterocycles.